The first kappa shape index (κ1) is 15.2. The van der Waals surface area contributed by atoms with Crippen LogP contribution in [0.15, 0.2) is 18.2 Å². The Morgan fingerprint density at radius 2 is 2.14 bits per heavy atom. The number of carbonyl (C=O) groups is 2. The van der Waals surface area contributed by atoms with Crippen molar-refractivity contribution in [2.75, 3.05) is 6.54 Å². The predicted octanol–water partition coefficient (Wildman–Crippen LogP) is 1.20. The van der Waals surface area contributed by atoms with Gasteiger partial charge in [-0.3, -0.25) is 4.79 Å². The van der Waals surface area contributed by atoms with Crippen LogP contribution in [0.5, 0.6) is 0 Å². The molecule has 2 amide bonds. The maximum Gasteiger partial charge on any atom is 0.315 e. The summed E-state index contributed by atoms with van der Waals surface area (Å²) in [5, 5.41) is 9.18. The van der Waals surface area contributed by atoms with E-state index in [2.05, 4.69) is 0 Å². The molecule has 2 rings (SSSR count). The van der Waals surface area contributed by atoms with Crippen LogP contribution in [-0.2, 0) is 11.3 Å². The Kier molecular flexibility index (Phi) is 4.42. The number of urea groups is 1. The highest BCUT2D eigenvalue weighted by atomic mass is 19.1. The van der Waals surface area contributed by atoms with Crippen molar-refractivity contribution in [3.63, 3.8) is 0 Å². The van der Waals surface area contributed by atoms with Crippen molar-refractivity contribution in [2.24, 2.45) is 17.4 Å². The molecule has 0 radical (unpaired) electrons. The Labute approximate surface area is 121 Å². The molecule has 6 nitrogen and oxygen atoms in total. The number of hydrogen-bond acceptors (Lipinski definition) is 3. The second kappa shape index (κ2) is 6.09. The van der Waals surface area contributed by atoms with E-state index in [-0.39, 0.29) is 19.5 Å². The molecule has 0 saturated carbocycles. The zero-order valence-electron chi connectivity index (χ0n) is 11.5. The van der Waals surface area contributed by atoms with Gasteiger partial charge >= 0.3 is 12.0 Å². The smallest absolute Gasteiger partial charge is 0.315 e. The molecule has 1 aromatic carbocycles. The minimum atomic E-state index is -0.902. The maximum atomic E-state index is 13.3. The highest BCUT2D eigenvalue weighted by Crippen LogP contribution is 2.36. The lowest BCUT2D eigenvalue weighted by Crippen LogP contribution is -2.45. The Balaban J connectivity index is 2.40. The van der Waals surface area contributed by atoms with Crippen LogP contribution >= 0.6 is 0 Å². The molecule has 0 spiro atoms. The summed E-state index contributed by atoms with van der Waals surface area (Å²) in [7, 11) is 0. The zero-order chi connectivity index (χ0) is 15.6. The number of nitrogens with two attached hydrogens (primary N) is 2. The Hall–Kier alpha value is -2.15. The lowest BCUT2D eigenvalue weighted by Gasteiger charge is -2.38. The van der Waals surface area contributed by atoms with E-state index in [0.717, 1.165) is 0 Å². The molecule has 2 atom stereocenters. The fourth-order valence-electron chi connectivity index (χ4n) is 2.82. The molecule has 0 bridgehead atoms. The van der Waals surface area contributed by atoms with Crippen molar-refractivity contribution >= 4 is 12.0 Å². The summed E-state index contributed by atoms with van der Waals surface area (Å²) in [4.78, 5) is 24.2. The van der Waals surface area contributed by atoms with Crippen LogP contribution in [0.1, 0.15) is 30.0 Å². The van der Waals surface area contributed by atoms with Crippen molar-refractivity contribution in [1.29, 1.82) is 0 Å². The third-order valence-electron chi connectivity index (χ3n) is 3.92. The van der Waals surface area contributed by atoms with E-state index < -0.39 is 29.8 Å². The molecule has 1 fully saturated rings. The fourth-order valence-corrected chi connectivity index (χ4v) is 2.82. The monoisotopic (exact) mass is 295 g/mol. The Bertz CT molecular complexity index is 564. The standard InChI is InChI=1S/C14H18FN3O3/c15-10-1-2-11(9(5-10)7-16)12-6-8(13(19)20)3-4-18(12)14(17)21/h1-2,5,8,12H,3-4,6-7,16H2,(H2,17,21)(H,19,20). The number of halogens is 1. The number of amides is 2. The van der Waals surface area contributed by atoms with Crippen molar-refractivity contribution < 1.29 is 19.1 Å². The van der Waals surface area contributed by atoms with Crippen LogP contribution in [-0.4, -0.2) is 28.6 Å². The lowest BCUT2D eigenvalue weighted by molar-refractivity contribution is -0.143. The summed E-state index contributed by atoms with van der Waals surface area (Å²) in [6, 6.07) is 3.02. The number of piperidine rings is 1. The van der Waals surface area contributed by atoms with Crippen LogP contribution in [0.4, 0.5) is 9.18 Å². The van der Waals surface area contributed by atoms with Crippen LogP contribution in [0.25, 0.3) is 0 Å². The quantitative estimate of drug-likeness (QED) is 0.778. The number of rotatable bonds is 3. The van der Waals surface area contributed by atoms with E-state index in [4.69, 9.17) is 11.5 Å². The minimum Gasteiger partial charge on any atom is -0.481 e. The van der Waals surface area contributed by atoms with Gasteiger partial charge in [0.25, 0.3) is 0 Å². The van der Waals surface area contributed by atoms with Gasteiger partial charge < -0.3 is 21.5 Å². The molecule has 0 aliphatic carbocycles. The van der Waals surface area contributed by atoms with Gasteiger partial charge in [-0.05, 0) is 36.1 Å². The van der Waals surface area contributed by atoms with Crippen LogP contribution in [0, 0.1) is 11.7 Å². The Morgan fingerprint density at radius 3 is 2.71 bits per heavy atom. The number of carboxylic acids is 1. The average molecular weight is 295 g/mol. The zero-order valence-corrected chi connectivity index (χ0v) is 11.5. The maximum absolute atomic E-state index is 13.3. The molecular weight excluding hydrogens is 277 g/mol. The average Bonchev–Trinajstić information content (AvgIpc) is 2.46. The van der Waals surface area contributed by atoms with E-state index >= 15 is 0 Å². The van der Waals surface area contributed by atoms with Gasteiger partial charge in [0.05, 0.1) is 12.0 Å². The van der Waals surface area contributed by atoms with E-state index in [9.17, 15) is 19.1 Å². The normalized spacial score (nSPS) is 22.1. The molecule has 1 heterocycles. The molecule has 5 N–H and O–H groups in total. The lowest BCUT2D eigenvalue weighted by atomic mass is 9.85. The number of carbonyl (C=O) groups excluding carboxylic acids is 1. The van der Waals surface area contributed by atoms with Gasteiger partial charge in [-0.15, -0.1) is 0 Å². The molecule has 1 saturated heterocycles. The van der Waals surface area contributed by atoms with Crippen molar-refractivity contribution in [3.05, 3.63) is 35.1 Å². The first-order valence-electron chi connectivity index (χ1n) is 6.71. The van der Waals surface area contributed by atoms with Gasteiger partial charge in [-0.1, -0.05) is 6.07 Å². The minimum absolute atomic E-state index is 0.105. The van der Waals surface area contributed by atoms with Gasteiger partial charge in [0.2, 0.25) is 0 Å². The van der Waals surface area contributed by atoms with Gasteiger partial charge in [-0.25, -0.2) is 9.18 Å². The van der Waals surface area contributed by atoms with E-state index in [1.165, 1.54) is 17.0 Å². The molecule has 1 aliphatic heterocycles. The molecule has 0 aromatic heterocycles. The SMILES string of the molecule is NCc1cc(F)ccc1C1CC(C(=O)O)CCN1C(N)=O. The second-order valence-electron chi connectivity index (χ2n) is 5.15. The van der Waals surface area contributed by atoms with Crippen molar-refractivity contribution in [1.82, 2.24) is 4.90 Å². The third kappa shape index (κ3) is 3.13. The Morgan fingerprint density at radius 1 is 1.43 bits per heavy atom. The largest absolute Gasteiger partial charge is 0.481 e. The molecule has 1 aromatic rings. The van der Waals surface area contributed by atoms with E-state index in [1.807, 2.05) is 0 Å². The number of primary amides is 1. The summed E-state index contributed by atoms with van der Waals surface area (Å²) in [5.41, 5.74) is 12.2. The number of aliphatic carboxylic acids is 1. The topological polar surface area (TPSA) is 110 Å². The van der Waals surface area contributed by atoms with Crippen LogP contribution in [0.2, 0.25) is 0 Å². The third-order valence-corrected chi connectivity index (χ3v) is 3.92. The molecule has 1 aliphatic rings. The summed E-state index contributed by atoms with van der Waals surface area (Å²) in [5.74, 6) is -1.88. The van der Waals surface area contributed by atoms with Gasteiger partial charge in [-0.2, -0.15) is 0 Å². The van der Waals surface area contributed by atoms with Gasteiger partial charge in [0.15, 0.2) is 0 Å². The highest BCUT2D eigenvalue weighted by Gasteiger charge is 2.35. The summed E-state index contributed by atoms with van der Waals surface area (Å²) in [6.45, 7) is 0.367. The summed E-state index contributed by atoms with van der Waals surface area (Å²) >= 11 is 0. The molecule has 2 unspecified atom stereocenters. The van der Waals surface area contributed by atoms with Gasteiger partial charge in [0.1, 0.15) is 5.82 Å². The molecular formula is C14H18FN3O3. The van der Waals surface area contributed by atoms with Crippen LogP contribution in [0.3, 0.4) is 0 Å². The first-order valence-corrected chi connectivity index (χ1v) is 6.71. The van der Waals surface area contributed by atoms with Crippen LogP contribution < -0.4 is 11.5 Å². The van der Waals surface area contributed by atoms with E-state index in [1.54, 1.807) is 6.07 Å². The van der Waals surface area contributed by atoms with Crippen molar-refractivity contribution in [2.45, 2.75) is 25.4 Å². The highest BCUT2D eigenvalue weighted by molar-refractivity contribution is 5.74. The summed E-state index contributed by atoms with van der Waals surface area (Å²) < 4.78 is 13.3. The first-order chi connectivity index (χ1) is 9.93. The fraction of sp³-hybridized carbons (Fsp3) is 0.429. The number of benzene rings is 1. The second-order valence-corrected chi connectivity index (χ2v) is 5.15. The predicted molar refractivity (Wildman–Crippen MR) is 73.7 cm³/mol. The van der Waals surface area contributed by atoms with E-state index in [0.29, 0.717) is 17.5 Å². The summed E-state index contributed by atoms with van der Waals surface area (Å²) in [6.07, 6.45) is 0.602. The number of hydrogen-bond donors (Lipinski definition) is 3. The number of carboxylic acid groups (broad SMARTS) is 1. The van der Waals surface area contributed by atoms with Gasteiger partial charge in [0, 0.05) is 13.1 Å². The van der Waals surface area contributed by atoms with Crippen molar-refractivity contribution in [3.8, 4) is 0 Å². The molecule has 114 valence electrons. The molecule has 21 heavy (non-hydrogen) atoms. The molecule has 7 heteroatoms. The number of nitrogens with zero attached hydrogens (tertiary/aromatic N) is 1. The number of likely N-dealkylation sites (tertiary alicyclic amines) is 1.